The van der Waals surface area contributed by atoms with Gasteiger partial charge in [-0.25, -0.2) is 0 Å². The Labute approximate surface area is 109 Å². The van der Waals surface area contributed by atoms with E-state index in [1.165, 1.54) is 4.35 Å². The zero-order chi connectivity index (χ0) is 11.4. The predicted molar refractivity (Wildman–Crippen MR) is 72.8 cm³/mol. The summed E-state index contributed by atoms with van der Waals surface area (Å²) in [5, 5.41) is 0.735. The fraction of sp³-hybridized carbons (Fsp3) is 0. The summed E-state index contributed by atoms with van der Waals surface area (Å²) in [6.45, 7) is 0. The van der Waals surface area contributed by atoms with Gasteiger partial charge < -0.3 is 0 Å². The summed E-state index contributed by atoms with van der Waals surface area (Å²) in [4.78, 5) is 0. The van der Waals surface area contributed by atoms with Crippen molar-refractivity contribution in [1.29, 1.82) is 0 Å². The first-order valence-corrected chi connectivity index (χ1v) is 9.51. The molecular formula is C12H10AsCl2N. The van der Waals surface area contributed by atoms with Crippen molar-refractivity contribution in [2.75, 3.05) is 4.23 Å². The van der Waals surface area contributed by atoms with Crippen LogP contribution in [0.2, 0.25) is 5.02 Å². The second kappa shape index (κ2) is 5.63. The monoisotopic (exact) mass is 313 g/mol. The molecule has 2 aromatic rings. The van der Waals surface area contributed by atoms with Crippen LogP contribution in [0.4, 0.5) is 5.69 Å². The van der Waals surface area contributed by atoms with Gasteiger partial charge in [-0.15, -0.1) is 0 Å². The van der Waals surface area contributed by atoms with Crippen LogP contribution in [0.5, 0.6) is 0 Å². The summed E-state index contributed by atoms with van der Waals surface area (Å²) in [6, 6.07) is 17.7. The molecule has 0 spiro atoms. The van der Waals surface area contributed by atoms with Crippen molar-refractivity contribution in [3.63, 3.8) is 0 Å². The van der Waals surface area contributed by atoms with Gasteiger partial charge in [0.05, 0.1) is 0 Å². The molecule has 1 N–H and O–H groups in total. The third-order valence-electron chi connectivity index (χ3n) is 2.05. The fourth-order valence-electron chi connectivity index (χ4n) is 1.26. The van der Waals surface area contributed by atoms with E-state index in [9.17, 15) is 0 Å². The average molecular weight is 314 g/mol. The summed E-state index contributed by atoms with van der Waals surface area (Å²) in [7, 11) is 6.38. The van der Waals surface area contributed by atoms with E-state index in [4.69, 9.17) is 21.6 Å². The SMILES string of the molecule is Clc1ccc(N[As](Cl)c2ccccc2)cc1. The standard InChI is InChI=1S/C12H10AsCl2N/c14-11-6-8-12(9-7-11)16-13(15)10-4-2-1-3-5-10/h1-9,16H. The molecule has 2 aromatic carbocycles. The number of hydrogen-bond donors (Lipinski definition) is 1. The summed E-state index contributed by atoms with van der Waals surface area (Å²) >= 11 is 4.12. The molecule has 0 amide bonds. The second-order valence-electron chi connectivity index (χ2n) is 3.24. The Morgan fingerprint density at radius 2 is 1.50 bits per heavy atom. The van der Waals surface area contributed by atoms with E-state index < -0.39 is 13.9 Å². The third kappa shape index (κ3) is 3.18. The summed E-state index contributed by atoms with van der Waals surface area (Å²) in [5.74, 6) is 0. The van der Waals surface area contributed by atoms with Crippen LogP contribution in [0.3, 0.4) is 0 Å². The molecule has 0 saturated heterocycles. The summed E-state index contributed by atoms with van der Waals surface area (Å²) in [5.41, 5.74) is 1.02. The third-order valence-corrected chi connectivity index (χ3v) is 6.29. The number of rotatable bonds is 3. The number of halogens is 2. The molecule has 0 bridgehead atoms. The van der Waals surface area contributed by atoms with E-state index >= 15 is 0 Å². The van der Waals surface area contributed by atoms with Crippen molar-refractivity contribution < 1.29 is 0 Å². The van der Waals surface area contributed by atoms with E-state index in [-0.39, 0.29) is 0 Å². The predicted octanol–water partition coefficient (Wildman–Crippen LogP) is 3.39. The molecule has 2 rings (SSSR count). The molecule has 0 heterocycles. The second-order valence-corrected chi connectivity index (χ2v) is 8.16. The molecule has 1 atom stereocenters. The van der Waals surface area contributed by atoms with Gasteiger partial charge in [-0.1, -0.05) is 0 Å². The normalized spacial score (nSPS) is 12.1. The first kappa shape index (κ1) is 11.9. The van der Waals surface area contributed by atoms with E-state index in [0.29, 0.717) is 0 Å². The Bertz CT molecular complexity index is 444. The molecule has 16 heavy (non-hydrogen) atoms. The van der Waals surface area contributed by atoms with Crippen LogP contribution in [-0.4, -0.2) is 13.9 Å². The first-order valence-electron chi connectivity index (χ1n) is 4.79. The zero-order valence-corrected chi connectivity index (χ0v) is 11.8. The van der Waals surface area contributed by atoms with E-state index in [0.717, 1.165) is 10.7 Å². The molecule has 0 fully saturated rings. The van der Waals surface area contributed by atoms with Crippen LogP contribution in [0.1, 0.15) is 0 Å². The molecule has 0 aliphatic heterocycles. The van der Waals surface area contributed by atoms with Crippen molar-refractivity contribution in [2.24, 2.45) is 0 Å². The quantitative estimate of drug-likeness (QED) is 0.857. The molecular weight excluding hydrogens is 304 g/mol. The molecule has 0 radical (unpaired) electrons. The Balaban J connectivity index is 2.08. The van der Waals surface area contributed by atoms with Gasteiger partial charge in [-0.3, -0.25) is 0 Å². The van der Waals surface area contributed by atoms with E-state index in [1.54, 1.807) is 0 Å². The molecule has 0 saturated carbocycles. The minimum absolute atomic E-state index is 0.735. The molecule has 4 heteroatoms. The van der Waals surface area contributed by atoms with E-state index in [2.05, 4.69) is 16.4 Å². The van der Waals surface area contributed by atoms with Gasteiger partial charge in [0.1, 0.15) is 0 Å². The van der Waals surface area contributed by atoms with E-state index in [1.807, 2.05) is 42.5 Å². The molecule has 0 aromatic heterocycles. The summed E-state index contributed by atoms with van der Waals surface area (Å²) < 4.78 is 4.52. The average Bonchev–Trinajstić information content (AvgIpc) is 2.33. The molecule has 1 unspecified atom stereocenters. The summed E-state index contributed by atoms with van der Waals surface area (Å²) in [6.07, 6.45) is 0. The van der Waals surface area contributed by atoms with Gasteiger partial charge in [0.25, 0.3) is 0 Å². The maximum absolute atomic E-state index is 6.38. The molecule has 1 nitrogen and oxygen atoms in total. The van der Waals surface area contributed by atoms with Crippen molar-refractivity contribution in [1.82, 2.24) is 0 Å². The van der Waals surface area contributed by atoms with Crippen molar-refractivity contribution in [3.8, 4) is 0 Å². The first-order chi connectivity index (χ1) is 7.75. The molecule has 0 aliphatic rings. The molecule has 0 aliphatic carbocycles. The van der Waals surface area contributed by atoms with Gasteiger partial charge in [-0.05, 0) is 0 Å². The van der Waals surface area contributed by atoms with Crippen LogP contribution in [0.25, 0.3) is 0 Å². The minimum atomic E-state index is -1.69. The van der Waals surface area contributed by atoms with Crippen LogP contribution < -0.4 is 8.58 Å². The number of benzene rings is 2. The number of hydrogen-bond acceptors (Lipinski definition) is 1. The van der Waals surface area contributed by atoms with Crippen molar-refractivity contribution in [2.45, 2.75) is 0 Å². The zero-order valence-electron chi connectivity index (χ0n) is 8.40. The Morgan fingerprint density at radius 3 is 2.12 bits per heavy atom. The Hall–Kier alpha value is -0.622. The van der Waals surface area contributed by atoms with Gasteiger partial charge >= 0.3 is 109 Å². The van der Waals surface area contributed by atoms with Crippen LogP contribution >= 0.6 is 21.6 Å². The topological polar surface area (TPSA) is 12.0 Å². The van der Waals surface area contributed by atoms with Gasteiger partial charge in [0, 0.05) is 0 Å². The number of nitrogens with one attached hydrogen (secondary N) is 1. The van der Waals surface area contributed by atoms with Crippen molar-refractivity contribution >= 4 is 45.5 Å². The van der Waals surface area contributed by atoms with Gasteiger partial charge in [-0.2, -0.15) is 0 Å². The number of anilines is 1. The van der Waals surface area contributed by atoms with Crippen LogP contribution in [0.15, 0.2) is 54.6 Å². The van der Waals surface area contributed by atoms with Crippen LogP contribution in [0, 0.1) is 0 Å². The van der Waals surface area contributed by atoms with Gasteiger partial charge in [0.2, 0.25) is 0 Å². The Morgan fingerprint density at radius 1 is 0.875 bits per heavy atom. The van der Waals surface area contributed by atoms with Gasteiger partial charge in [0.15, 0.2) is 0 Å². The Kier molecular flexibility index (Phi) is 4.17. The van der Waals surface area contributed by atoms with Crippen molar-refractivity contribution in [3.05, 3.63) is 59.6 Å². The van der Waals surface area contributed by atoms with Crippen LogP contribution in [-0.2, 0) is 0 Å². The maximum atomic E-state index is 6.38. The fourth-order valence-corrected chi connectivity index (χ4v) is 4.45. The molecule has 82 valence electrons.